The van der Waals surface area contributed by atoms with Crippen LogP contribution in [-0.4, -0.2) is 36.7 Å². The molecule has 0 unspecified atom stereocenters. The van der Waals surface area contributed by atoms with Gasteiger partial charge in [0.05, 0.1) is 11.5 Å². The minimum absolute atomic E-state index is 0.00345. The number of hydrogen-bond acceptors (Lipinski definition) is 6. The number of rotatable bonds is 6. The number of hydrogen-bond donors (Lipinski definition) is 3. The predicted octanol–water partition coefficient (Wildman–Crippen LogP) is 0.963. The van der Waals surface area contributed by atoms with Crippen molar-refractivity contribution in [1.82, 2.24) is 0 Å². The third kappa shape index (κ3) is 4.62. The van der Waals surface area contributed by atoms with Crippen molar-refractivity contribution in [3.8, 4) is 11.1 Å². The molecule has 7 nitrogen and oxygen atoms in total. The molecule has 0 heterocycles. The Hall–Kier alpha value is -2.26. The van der Waals surface area contributed by atoms with E-state index in [-0.39, 0.29) is 11.5 Å². The Labute approximate surface area is 139 Å². The Kier molecular flexibility index (Phi) is 5.68. The first-order valence-electron chi connectivity index (χ1n) is 7.01. The fourth-order valence-electron chi connectivity index (χ4n) is 2.00. The van der Waals surface area contributed by atoms with E-state index in [0.717, 1.165) is 11.1 Å². The monoisotopic (exact) mass is 351 g/mol. The highest BCUT2D eigenvalue weighted by Gasteiger charge is 2.14. The van der Waals surface area contributed by atoms with Crippen LogP contribution >= 0.6 is 0 Å². The molecule has 0 saturated carbocycles. The van der Waals surface area contributed by atoms with Crippen LogP contribution < -0.4 is 5.73 Å². The van der Waals surface area contributed by atoms with E-state index >= 15 is 0 Å². The van der Waals surface area contributed by atoms with Gasteiger partial charge >= 0.3 is 5.97 Å². The van der Waals surface area contributed by atoms with E-state index in [0.29, 0.717) is 5.56 Å². The molecule has 0 spiro atoms. The van der Waals surface area contributed by atoms with Gasteiger partial charge in [0.2, 0.25) is 0 Å². The second kappa shape index (κ2) is 7.54. The molecule has 2 aromatic rings. The number of ether oxygens (including phenoxy) is 1. The molecular formula is C16H17NO6S. The number of nitrogens with two attached hydrogens (primary N) is 1. The fraction of sp³-hybridized carbons (Fsp3) is 0.188. The zero-order chi connectivity index (χ0) is 17.7. The molecule has 2 aromatic carbocycles. The van der Waals surface area contributed by atoms with Crippen LogP contribution in [0.2, 0.25) is 0 Å². The van der Waals surface area contributed by atoms with Crippen LogP contribution in [0.15, 0.2) is 53.4 Å². The lowest BCUT2D eigenvalue weighted by molar-refractivity contribution is -0.147. The average molecular weight is 351 g/mol. The summed E-state index contributed by atoms with van der Waals surface area (Å²) >= 11 is 0. The Bertz CT molecular complexity index is 817. The smallest absolute Gasteiger partial charge is 0.325 e. The first-order valence-corrected chi connectivity index (χ1v) is 8.45. The van der Waals surface area contributed by atoms with Crippen LogP contribution in [0.1, 0.15) is 5.56 Å². The maximum atomic E-state index is 11.4. The number of esters is 1. The lowest BCUT2D eigenvalue weighted by Gasteiger charge is -2.10. The molecular weight excluding hydrogens is 334 g/mol. The normalized spacial score (nSPS) is 12.6. The molecule has 0 aliphatic heterocycles. The van der Waals surface area contributed by atoms with Crippen molar-refractivity contribution in [3.63, 3.8) is 0 Å². The van der Waals surface area contributed by atoms with Crippen LogP contribution in [0.5, 0.6) is 0 Å². The van der Waals surface area contributed by atoms with E-state index in [9.17, 15) is 13.2 Å². The van der Waals surface area contributed by atoms with E-state index in [1.165, 1.54) is 12.1 Å². The summed E-state index contributed by atoms with van der Waals surface area (Å²) in [7, 11) is -4.23. The summed E-state index contributed by atoms with van der Waals surface area (Å²) in [5, 5.41) is 8.79. The SMILES string of the molecule is N[C@@H](CO)C(=O)OCc1cccc(-c2ccc(S(=O)(=O)O)cc2)c1. The number of carbonyl (C=O) groups excluding carboxylic acids is 1. The van der Waals surface area contributed by atoms with Crippen molar-refractivity contribution in [2.24, 2.45) is 5.73 Å². The Morgan fingerprint density at radius 3 is 2.38 bits per heavy atom. The zero-order valence-corrected chi connectivity index (χ0v) is 13.4. The van der Waals surface area contributed by atoms with E-state index in [4.69, 9.17) is 20.1 Å². The van der Waals surface area contributed by atoms with Crippen molar-refractivity contribution in [2.75, 3.05) is 6.61 Å². The minimum Gasteiger partial charge on any atom is -0.460 e. The van der Waals surface area contributed by atoms with E-state index in [1.54, 1.807) is 30.3 Å². The van der Waals surface area contributed by atoms with Gasteiger partial charge in [-0.1, -0.05) is 30.3 Å². The van der Waals surface area contributed by atoms with Gasteiger partial charge < -0.3 is 15.6 Å². The lowest BCUT2D eigenvalue weighted by Crippen LogP contribution is -2.35. The Morgan fingerprint density at radius 1 is 1.12 bits per heavy atom. The molecule has 0 fully saturated rings. The molecule has 8 heteroatoms. The molecule has 0 amide bonds. The Morgan fingerprint density at radius 2 is 1.79 bits per heavy atom. The summed E-state index contributed by atoms with van der Waals surface area (Å²) in [6.45, 7) is -0.484. The first kappa shape index (κ1) is 18.1. The van der Waals surface area contributed by atoms with Gasteiger partial charge in [0.25, 0.3) is 10.1 Å². The van der Waals surface area contributed by atoms with E-state index in [1.807, 2.05) is 6.07 Å². The van der Waals surface area contributed by atoms with Crippen molar-refractivity contribution < 1.29 is 27.6 Å². The highest BCUT2D eigenvalue weighted by Crippen LogP contribution is 2.22. The number of aliphatic hydroxyl groups excluding tert-OH is 1. The van der Waals surface area contributed by atoms with Crippen molar-refractivity contribution in [3.05, 3.63) is 54.1 Å². The number of benzene rings is 2. The third-order valence-electron chi connectivity index (χ3n) is 3.29. The minimum atomic E-state index is -4.23. The Balaban J connectivity index is 2.14. The summed E-state index contributed by atoms with van der Waals surface area (Å²) in [5.41, 5.74) is 7.60. The zero-order valence-electron chi connectivity index (χ0n) is 12.6. The standard InChI is InChI=1S/C16H17NO6S/c17-15(9-18)16(19)23-10-11-2-1-3-13(8-11)12-4-6-14(7-5-12)24(20,21)22/h1-8,15,18H,9-10,17H2,(H,20,21,22)/t15-/m0/s1. The van der Waals surface area contributed by atoms with Gasteiger partial charge in [0.15, 0.2) is 0 Å². The second-order valence-electron chi connectivity index (χ2n) is 5.10. The quantitative estimate of drug-likeness (QED) is 0.522. The van der Waals surface area contributed by atoms with Crippen LogP contribution in [0.4, 0.5) is 0 Å². The van der Waals surface area contributed by atoms with Gasteiger partial charge in [-0.3, -0.25) is 9.35 Å². The largest absolute Gasteiger partial charge is 0.460 e. The van der Waals surface area contributed by atoms with Gasteiger partial charge in [0, 0.05) is 0 Å². The molecule has 4 N–H and O–H groups in total. The maximum Gasteiger partial charge on any atom is 0.325 e. The maximum absolute atomic E-state index is 11.4. The fourth-order valence-corrected chi connectivity index (χ4v) is 2.48. The summed E-state index contributed by atoms with van der Waals surface area (Å²) in [5.74, 6) is -0.694. The van der Waals surface area contributed by atoms with Crippen molar-refractivity contribution in [1.29, 1.82) is 0 Å². The van der Waals surface area contributed by atoms with Gasteiger partial charge in [-0.15, -0.1) is 0 Å². The summed E-state index contributed by atoms with van der Waals surface area (Å²) in [6.07, 6.45) is 0. The summed E-state index contributed by atoms with van der Waals surface area (Å²) < 4.78 is 36.1. The van der Waals surface area contributed by atoms with Crippen LogP contribution in [0, 0.1) is 0 Å². The summed E-state index contributed by atoms with van der Waals surface area (Å²) in [6, 6.07) is 11.8. The molecule has 1 atom stereocenters. The van der Waals surface area contributed by atoms with E-state index in [2.05, 4.69) is 0 Å². The summed E-state index contributed by atoms with van der Waals surface area (Å²) in [4.78, 5) is 11.3. The predicted molar refractivity (Wildman–Crippen MR) is 86.5 cm³/mol. The highest BCUT2D eigenvalue weighted by atomic mass is 32.2. The first-order chi connectivity index (χ1) is 11.3. The molecule has 0 aliphatic carbocycles. The van der Waals surface area contributed by atoms with Crippen molar-refractivity contribution >= 4 is 16.1 Å². The lowest BCUT2D eigenvalue weighted by atomic mass is 10.0. The second-order valence-corrected chi connectivity index (χ2v) is 6.52. The molecule has 0 aromatic heterocycles. The molecule has 0 bridgehead atoms. The molecule has 2 rings (SSSR count). The van der Waals surface area contributed by atoms with Crippen molar-refractivity contribution in [2.45, 2.75) is 17.5 Å². The molecule has 0 radical (unpaired) electrons. The molecule has 24 heavy (non-hydrogen) atoms. The van der Waals surface area contributed by atoms with Gasteiger partial charge in [-0.05, 0) is 34.9 Å². The average Bonchev–Trinajstić information content (AvgIpc) is 2.58. The van der Waals surface area contributed by atoms with Crippen LogP contribution in [0.3, 0.4) is 0 Å². The molecule has 128 valence electrons. The van der Waals surface area contributed by atoms with Crippen LogP contribution in [-0.2, 0) is 26.3 Å². The molecule has 0 aliphatic rings. The topological polar surface area (TPSA) is 127 Å². The third-order valence-corrected chi connectivity index (χ3v) is 4.16. The number of aliphatic hydroxyl groups is 1. The highest BCUT2D eigenvalue weighted by molar-refractivity contribution is 7.85. The molecule has 0 saturated heterocycles. The van der Waals surface area contributed by atoms with Gasteiger partial charge in [-0.2, -0.15) is 8.42 Å². The van der Waals surface area contributed by atoms with Gasteiger partial charge in [0.1, 0.15) is 12.6 Å². The van der Waals surface area contributed by atoms with E-state index < -0.39 is 28.7 Å². The van der Waals surface area contributed by atoms with Gasteiger partial charge in [-0.25, -0.2) is 0 Å². The number of carbonyl (C=O) groups is 1. The van der Waals surface area contributed by atoms with Crippen LogP contribution in [0.25, 0.3) is 11.1 Å².